The summed E-state index contributed by atoms with van der Waals surface area (Å²) in [7, 11) is 0. The SMILES string of the molecule is Cc1noc(C)c1CNc1nc(Cl)nc(-n2cccn2)n1. The molecule has 0 aromatic carbocycles. The molecule has 0 bridgehead atoms. The highest BCUT2D eigenvalue weighted by Gasteiger charge is 2.11. The third-order valence-corrected chi connectivity index (χ3v) is 3.08. The summed E-state index contributed by atoms with van der Waals surface area (Å²) in [6.45, 7) is 4.22. The molecule has 8 nitrogen and oxygen atoms in total. The van der Waals surface area contributed by atoms with Crippen LogP contribution in [0.2, 0.25) is 5.28 Å². The van der Waals surface area contributed by atoms with Gasteiger partial charge >= 0.3 is 0 Å². The lowest BCUT2D eigenvalue weighted by Gasteiger charge is -2.06. The molecule has 0 aliphatic carbocycles. The van der Waals surface area contributed by atoms with E-state index in [9.17, 15) is 0 Å². The second-order valence-corrected chi connectivity index (χ2v) is 4.67. The van der Waals surface area contributed by atoms with Crippen LogP contribution in [0.25, 0.3) is 5.95 Å². The Hall–Kier alpha value is -2.48. The lowest BCUT2D eigenvalue weighted by Crippen LogP contribution is -2.10. The summed E-state index contributed by atoms with van der Waals surface area (Å²) in [5.41, 5.74) is 1.79. The molecule has 0 unspecified atom stereocenters. The first-order valence-electron chi connectivity index (χ1n) is 6.20. The van der Waals surface area contributed by atoms with Gasteiger partial charge in [-0.1, -0.05) is 5.16 Å². The fourth-order valence-electron chi connectivity index (χ4n) is 1.83. The molecular formula is C12H12ClN7O. The second-order valence-electron chi connectivity index (χ2n) is 4.33. The molecular weight excluding hydrogens is 294 g/mol. The van der Waals surface area contributed by atoms with Gasteiger partial charge in [0, 0.05) is 24.5 Å². The highest BCUT2D eigenvalue weighted by atomic mass is 35.5. The standard InChI is InChI=1S/C12H12ClN7O/c1-7-9(8(2)21-19-7)6-14-11-16-10(13)17-12(18-11)20-5-3-4-15-20/h3-5H,6H2,1-2H3,(H,14,16,17,18). The van der Waals surface area contributed by atoms with Gasteiger partial charge in [-0.05, 0) is 31.5 Å². The van der Waals surface area contributed by atoms with Crippen LogP contribution in [0, 0.1) is 13.8 Å². The molecule has 0 radical (unpaired) electrons. The summed E-state index contributed by atoms with van der Waals surface area (Å²) in [5.74, 6) is 1.47. The number of halogens is 1. The zero-order valence-electron chi connectivity index (χ0n) is 11.4. The molecule has 0 saturated heterocycles. The third-order valence-electron chi connectivity index (χ3n) is 2.91. The van der Waals surface area contributed by atoms with Gasteiger partial charge in [0.05, 0.1) is 5.69 Å². The summed E-state index contributed by atoms with van der Waals surface area (Å²) in [5, 5.41) is 11.1. The number of rotatable bonds is 4. The summed E-state index contributed by atoms with van der Waals surface area (Å²) in [6, 6.07) is 1.77. The number of nitrogens with zero attached hydrogens (tertiary/aromatic N) is 6. The lowest BCUT2D eigenvalue weighted by atomic mass is 10.2. The van der Waals surface area contributed by atoms with Gasteiger partial charge in [-0.3, -0.25) is 0 Å². The molecule has 0 fully saturated rings. The van der Waals surface area contributed by atoms with Crippen LogP contribution >= 0.6 is 11.6 Å². The Balaban J connectivity index is 1.83. The van der Waals surface area contributed by atoms with Gasteiger partial charge < -0.3 is 9.84 Å². The van der Waals surface area contributed by atoms with E-state index < -0.39 is 0 Å². The minimum Gasteiger partial charge on any atom is -0.361 e. The quantitative estimate of drug-likeness (QED) is 0.787. The van der Waals surface area contributed by atoms with E-state index in [1.807, 2.05) is 13.8 Å². The van der Waals surface area contributed by atoms with Crippen molar-refractivity contribution in [1.29, 1.82) is 0 Å². The second kappa shape index (κ2) is 5.49. The van der Waals surface area contributed by atoms with Crippen molar-refractivity contribution in [3.8, 4) is 5.95 Å². The summed E-state index contributed by atoms with van der Waals surface area (Å²) >= 11 is 5.92. The van der Waals surface area contributed by atoms with Crippen LogP contribution in [0.3, 0.4) is 0 Å². The maximum Gasteiger partial charge on any atom is 0.256 e. The number of aryl methyl sites for hydroxylation is 2. The molecule has 0 amide bonds. The first-order valence-corrected chi connectivity index (χ1v) is 6.58. The average Bonchev–Trinajstić information content (AvgIpc) is 3.08. The van der Waals surface area contributed by atoms with Crippen molar-refractivity contribution in [2.45, 2.75) is 20.4 Å². The normalized spacial score (nSPS) is 10.8. The van der Waals surface area contributed by atoms with Crippen LogP contribution in [0.5, 0.6) is 0 Å². The van der Waals surface area contributed by atoms with Crippen LogP contribution in [0.4, 0.5) is 5.95 Å². The molecule has 3 rings (SSSR count). The van der Waals surface area contributed by atoms with Crippen molar-refractivity contribution >= 4 is 17.5 Å². The Morgan fingerprint density at radius 3 is 2.81 bits per heavy atom. The number of aromatic nitrogens is 6. The van der Waals surface area contributed by atoms with E-state index in [4.69, 9.17) is 16.1 Å². The highest BCUT2D eigenvalue weighted by molar-refractivity contribution is 6.28. The van der Waals surface area contributed by atoms with E-state index in [0.717, 1.165) is 17.0 Å². The van der Waals surface area contributed by atoms with Gasteiger partial charge in [0.25, 0.3) is 5.95 Å². The number of hydrogen-bond donors (Lipinski definition) is 1. The maximum atomic E-state index is 5.92. The molecule has 21 heavy (non-hydrogen) atoms. The molecule has 1 N–H and O–H groups in total. The monoisotopic (exact) mass is 305 g/mol. The third kappa shape index (κ3) is 2.84. The zero-order valence-corrected chi connectivity index (χ0v) is 12.2. The maximum absolute atomic E-state index is 5.92. The van der Waals surface area contributed by atoms with Crippen molar-refractivity contribution in [1.82, 2.24) is 29.9 Å². The zero-order chi connectivity index (χ0) is 14.8. The smallest absolute Gasteiger partial charge is 0.256 e. The van der Waals surface area contributed by atoms with Crippen molar-refractivity contribution in [2.75, 3.05) is 5.32 Å². The Bertz CT molecular complexity index is 734. The van der Waals surface area contributed by atoms with Gasteiger partial charge in [-0.15, -0.1) is 0 Å². The van der Waals surface area contributed by atoms with Gasteiger partial charge in [-0.2, -0.15) is 20.1 Å². The van der Waals surface area contributed by atoms with Crippen molar-refractivity contribution in [3.05, 3.63) is 40.8 Å². The Morgan fingerprint density at radius 2 is 2.14 bits per heavy atom. The van der Waals surface area contributed by atoms with Crippen molar-refractivity contribution in [3.63, 3.8) is 0 Å². The molecule has 0 saturated carbocycles. The minimum atomic E-state index is 0.0942. The van der Waals surface area contributed by atoms with Crippen LogP contribution in [0.15, 0.2) is 23.0 Å². The van der Waals surface area contributed by atoms with Gasteiger partial charge in [-0.25, -0.2) is 4.68 Å². The summed E-state index contributed by atoms with van der Waals surface area (Å²) in [4.78, 5) is 12.3. The summed E-state index contributed by atoms with van der Waals surface area (Å²) in [6.07, 6.45) is 3.36. The van der Waals surface area contributed by atoms with Crippen molar-refractivity contribution in [2.24, 2.45) is 0 Å². The molecule has 3 heterocycles. The van der Waals surface area contributed by atoms with Gasteiger partial charge in [0.1, 0.15) is 5.76 Å². The van der Waals surface area contributed by atoms with Crippen LogP contribution in [-0.4, -0.2) is 29.9 Å². The molecule has 0 aliphatic heterocycles. The molecule has 3 aromatic heterocycles. The summed E-state index contributed by atoms with van der Waals surface area (Å²) < 4.78 is 6.62. The minimum absolute atomic E-state index is 0.0942. The first-order chi connectivity index (χ1) is 10.1. The Kier molecular flexibility index (Phi) is 3.53. The van der Waals surface area contributed by atoms with E-state index in [2.05, 4.69) is 30.5 Å². The van der Waals surface area contributed by atoms with Gasteiger partial charge in [0.2, 0.25) is 11.2 Å². The predicted octanol–water partition coefficient (Wildman–Crippen LogP) is 1.93. The topological polar surface area (TPSA) is 94.6 Å². The van der Waals surface area contributed by atoms with Crippen LogP contribution in [-0.2, 0) is 6.54 Å². The fourth-order valence-corrected chi connectivity index (χ4v) is 1.99. The van der Waals surface area contributed by atoms with E-state index in [1.54, 1.807) is 18.5 Å². The highest BCUT2D eigenvalue weighted by Crippen LogP contribution is 2.15. The predicted molar refractivity (Wildman–Crippen MR) is 75.3 cm³/mol. The molecule has 3 aromatic rings. The fraction of sp³-hybridized carbons (Fsp3) is 0.250. The molecule has 0 atom stereocenters. The van der Waals surface area contributed by atoms with Crippen LogP contribution < -0.4 is 5.32 Å². The molecule has 0 aliphatic rings. The van der Waals surface area contributed by atoms with E-state index in [-0.39, 0.29) is 5.28 Å². The van der Waals surface area contributed by atoms with Crippen LogP contribution in [0.1, 0.15) is 17.0 Å². The van der Waals surface area contributed by atoms with E-state index in [0.29, 0.717) is 18.4 Å². The lowest BCUT2D eigenvalue weighted by molar-refractivity contribution is 0.392. The average molecular weight is 306 g/mol. The first kappa shape index (κ1) is 13.5. The largest absolute Gasteiger partial charge is 0.361 e. The Labute approximate surface area is 125 Å². The van der Waals surface area contributed by atoms with E-state index in [1.165, 1.54) is 4.68 Å². The van der Waals surface area contributed by atoms with E-state index >= 15 is 0 Å². The molecule has 0 spiro atoms. The number of hydrogen-bond acceptors (Lipinski definition) is 7. The number of anilines is 1. The Morgan fingerprint density at radius 1 is 1.29 bits per heavy atom. The van der Waals surface area contributed by atoms with Crippen molar-refractivity contribution < 1.29 is 4.52 Å². The molecule has 108 valence electrons. The number of nitrogens with one attached hydrogen (secondary N) is 1. The molecule has 9 heteroatoms. The van der Waals surface area contributed by atoms with Gasteiger partial charge in [0.15, 0.2) is 0 Å².